The summed E-state index contributed by atoms with van der Waals surface area (Å²) in [7, 11) is 0. The number of nitrogens with zero attached hydrogens (tertiary/aromatic N) is 1. The van der Waals surface area contributed by atoms with E-state index in [1.165, 1.54) is 0 Å². The molecule has 0 unspecified atom stereocenters. The van der Waals surface area contributed by atoms with Gasteiger partial charge in [0.25, 0.3) is 0 Å². The number of aliphatic hydroxyl groups excluding tert-OH is 1. The zero-order valence-electron chi connectivity index (χ0n) is 12.1. The van der Waals surface area contributed by atoms with Crippen LogP contribution in [0.3, 0.4) is 0 Å². The molecule has 2 amide bonds. The molecule has 3 N–H and O–H groups in total. The predicted octanol–water partition coefficient (Wildman–Crippen LogP) is 1.04. The average molecular weight is 284 g/mol. The lowest BCUT2D eigenvalue weighted by atomic mass is 9.76. The van der Waals surface area contributed by atoms with Gasteiger partial charge in [-0.25, -0.2) is 4.79 Å². The van der Waals surface area contributed by atoms with Gasteiger partial charge in [-0.15, -0.1) is 0 Å². The first kappa shape index (κ1) is 15.1. The minimum Gasteiger partial charge on any atom is -0.465 e. The quantitative estimate of drug-likeness (QED) is 0.722. The highest BCUT2D eigenvalue weighted by Gasteiger charge is 2.42. The van der Waals surface area contributed by atoms with Gasteiger partial charge < -0.3 is 20.4 Å². The minimum absolute atomic E-state index is 0.112. The van der Waals surface area contributed by atoms with E-state index in [2.05, 4.69) is 19.2 Å². The molecule has 1 aliphatic heterocycles. The van der Waals surface area contributed by atoms with Crippen LogP contribution in [0.2, 0.25) is 0 Å². The standard InChI is InChI=1S/C14H24N2O4/c1-8(2)10-7-9(17)3-4-12(10)16-6-5-11(13(16)18)15-14(19)20/h8-12,15,17H,3-7H2,1-2H3,(H,19,20)/t9-,10+,11+,12+/m1/s1. The van der Waals surface area contributed by atoms with Crippen LogP contribution in [0.4, 0.5) is 4.79 Å². The third-order valence-corrected chi connectivity index (χ3v) is 4.63. The number of likely N-dealkylation sites (tertiary alicyclic amines) is 1. The Labute approximate surface area is 119 Å². The molecule has 2 aliphatic rings. The van der Waals surface area contributed by atoms with E-state index < -0.39 is 12.1 Å². The Hall–Kier alpha value is -1.30. The average Bonchev–Trinajstić information content (AvgIpc) is 2.70. The first-order chi connectivity index (χ1) is 9.40. The molecule has 0 bridgehead atoms. The number of carbonyl (C=O) groups is 2. The van der Waals surface area contributed by atoms with Crippen molar-refractivity contribution in [3.8, 4) is 0 Å². The van der Waals surface area contributed by atoms with E-state index >= 15 is 0 Å². The van der Waals surface area contributed by atoms with Crippen molar-refractivity contribution in [2.45, 2.75) is 57.7 Å². The fourth-order valence-corrected chi connectivity index (χ4v) is 3.58. The molecule has 0 radical (unpaired) electrons. The van der Waals surface area contributed by atoms with Crippen LogP contribution in [0.15, 0.2) is 0 Å². The van der Waals surface area contributed by atoms with Crippen molar-refractivity contribution >= 4 is 12.0 Å². The lowest BCUT2D eigenvalue weighted by Crippen LogP contribution is -2.50. The molecule has 6 heteroatoms. The SMILES string of the molecule is CC(C)[C@@H]1C[C@H](O)CC[C@@H]1N1CC[C@H](NC(=O)O)C1=O. The number of amides is 2. The maximum atomic E-state index is 12.3. The minimum atomic E-state index is -1.15. The largest absolute Gasteiger partial charge is 0.465 e. The number of rotatable bonds is 3. The Morgan fingerprint density at radius 1 is 1.35 bits per heavy atom. The second-order valence-electron chi connectivity index (χ2n) is 6.26. The van der Waals surface area contributed by atoms with Crippen LogP contribution >= 0.6 is 0 Å². The van der Waals surface area contributed by atoms with E-state index in [0.717, 1.165) is 12.8 Å². The summed E-state index contributed by atoms with van der Waals surface area (Å²) in [6, 6.07) is -0.473. The highest BCUT2D eigenvalue weighted by Crippen LogP contribution is 2.35. The zero-order valence-corrected chi connectivity index (χ0v) is 12.1. The van der Waals surface area contributed by atoms with Crippen LogP contribution in [0.1, 0.15) is 39.5 Å². The summed E-state index contributed by atoms with van der Waals surface area (Å²) in [4.78, 5) is 24.8. The highest BCUT2D eigenvalue weighted by atomic mass is 16.4. The molecule has 0 aromatic heterocycles. The summed E-state index contributed by atoms with van der Waals surface area (Å²) < 4.78 is 0. The van der Waals surface area contributed by atoms with E-state index in [-0.39, 0.29) is 24.0 Å². The van der Waals surface area contributed by atoms with Crippen LogP contribution in [-0.4, -0.2) is 51.8 Å². The van der Waals surface area contributed by atoms with Crippen molar-refractivity contribution in [3.05, 3.63) is 0 Å². The number of carbonyl (C=O) groups excluding carboxylic acids is 1. The van der Waals surface area contributed by atoms with Gasteiger partial charge in [-0.1, -0.05) is 13.8 Å². The Balaban J connectivity index is 2.06. The summed E-state index contributed by atoms with van der Waals surface area (Å²) >= 11 is 0. The summed E-state index contributed by atoms with van der Waals surface area (Å²) in [5.41, 5.74) is 0. The van der Waals surface area contributed by atoms with E-state index in [4.69, 9.17) is 5.11 Å². The van der Waals surface area contributed by atoms with Gasteiger partial charge in [0.2, 0.25) is 5.91 Å². The van der Waals surface area contributed by atoms with Crippen LogP contribution in [0.5, 0.6) is 0 Å². The van der Waals surface area contributed by atoms with Gasteiger partial charge in [0, 0.05) is 12.6 Å². The van der Waals surface area contributed by atoms with Gasteiger partial charge in [-0.2, -0.15) is 0 Å². The van der Waals surface area contributed by atoms with Crippen molar-refractivity contribution < 1.29 is 19.8 Å². The van der Waals surface area contributed by atoms with Gasteiger partial charge in [0.05, 0.1) is 6.10 Å². The molecule has 4 atom stereocenters. The second-order valence-corrected chi connectivity index (χ2v) is 6.26. The molecule has 114 valence electrons. The smallest absolute Gasteiger partial charge is 0.405 e. The lowest BCUT2D eigenvalue weighted by molar-refractivity contribution is -0.134. The van der Waals surface area contributed by atoms with Crippen molar-refractivity contribution in [1.82, 2.24) is 10.2 Å². The number of hydrogen-bond donors (Lipinski definition) is 3. The molecule has 2 rings (SSSR count). The normalized spacial score (nSPS) is 34.6. The molecule has 0 aromatic carbocycles. The van der Waals surface area contributed by atoms with Gasteiger partial charge >= 0.3 is 6.09 Å². The van der Waals surface area contributed by atoms with Gasteiger partial charge in [-0.05, 0) is 37.5 Å². The summed E-state index contributed by atoms with van der Waals surface area (Å²) in [5.74, 6) is 0.569. The number of aliphatic hydroxyl groups is 1. The predicted molar refractivity (Wildman–Crippen MR) is 73.3 cm³/mol. The molecule has 0 spiro atoms. The van der Waals surface area contributed by atoms with E-state index in [0.29, 0.717) is 25.3 Å². The Morgan fingerprint density at radius 2 is 2.05 bits per heavy atom. The maximum Gasteiger partial charge on any atom is 0.405 e. The van der Waals surface area contributed by atoms with Gasteiger partial charge in [0.1, 0.15) is 6.04 Å². The molecule has 20 heavy (non-hydrogen) atoms. The van der Waals surface area contributed by atoms with Crippen molar-refractivity contribution in [2.24, 2.45) is 11.8 Å². The fraction of sp³-hybridized carbons (Fsp3) is 0.857. The van der Waals surface area contributed by atoms with Crippen LogP contribution in [0.25, 0.3) is 0 Å². The Morgan fingerprint density at radius 3 is 2.65 bits per heavy atom. The number of hydrogen-bond acceptors (Lipinski definition) is 3. The third kappa shape index (κ3) is 3.06. The zero-order chi connectivity index (χ0) is 14.9. The molecule has 1 saturated carbocycles. The van der Waals surface area contributed by atoms with Crippen molar-refractivity contribution in [2.75, 3.05) is 6.54 Å². The van der Waals surface area contributed by atoms with Crippen LogP contribution in [0, 0.1) is 11.8 Å². The van der Waals surface area contributed by atoms with Crippen LogP contribution in [-0.2, 0) is 4.79 Å². The first-order valence-corrected chi connectivity index (χ1v) is 7.38. The first-order valence-electron chi connectivity index (χ1n) is 7.38. The number of carboxylic acid groups (broad SMARTS) is 1. The number of nitrogens with one attached hydrogen (secondary N) is 1. The highest BCUT2D eigenvalue weighted by molar-refractivity contribution is 5.87. The molecular weight excluding hydrogens is 260 g/mol. The maximum absolute atomic E-state index is 12.3. The molecular formula is C14H24N2O4. The lowest BCUT2D eigenvalue weighted by Gasteiger charge is -2.41. The Bertz CT molecular complexity index is 385. The van der Waals surface area contributed by atoms with Crippen LogP contribution < -0.4 is 5.32 Å². The monoisotopic (exact) mass is 284 g/mol. The van der Waals surface area contributed by atoms with Crippen molar-refractivity contribution in [1.29, 1.82) is 0 Å². The fourth-order valence-electron chi connectivity index (χ4n) is 3.58. The topological polar surface area (TPSA) is 89.9 Å². The summed E-state index contributed by atoms with van der Waals surface area (Å²) in [6.45, 7) is 4.83. The molecule has 1 heterocycles. The van der Waals surface area contributed by atoms with E-state index in [9.17, 15) is 14.7 Å². The third-order valence-electron chi connectivity index (χ3n) is 4.63. The summed E-state index contributed by atoms with van der Waals surface area (Å²) in [6.07, 6.45) is 1.36. The summed E-state index contributed by atoms with van der Waals surface area (Å²) in [5, 5.41) is 20.9. The molecule has 6 nitrogen and oxygen atoms in total. The van der Waals surface area contributed by atoms with Crippen molar-refractivity contribution in [3.63, 3.8) is 0 Å². The van der Waals surface area contributed by atoms with E-state index in [1.807, 2.05) is 4.90 Å². The molecule has 1 aliphatic carbocycles. The van der Waals surface area contributed by atoms with Gasteiger partial charge in [-0.3, -0.25) is 4.79 Å². The Kier molecular flexibility index (Phi) is 4.52. The molecule has 1 saturated heterocycles. The van der Waals surface area contributed by atoms with Gasteiger partial charge in [0.15, 0.2) is 0 Å². The second kappa shape index (κ2) is 5.99. The van der Waals surface area contributed by atoms with E-state index in [1.54, 1.807) is 0 Å². The molecule has 0 aromatic rings. The molecule has 2 fully saturated rings.